The van der Waals surface area contributed by atoms with E-state index in [-0.39, 0.29) is 27.3 Å². The number of rotatable bonds is 5. The highest BCUT2D eigenvalue weighted by Crippen LogP contribution is 2.34. The van der Waals surface area contributed by atoms with Gasteiger partial charge in [0.05, 0.1) is 10.0 Å². The van der Waals surface area contributed by atoms with Gasteiger partial charge in [-0.15, -0.1) is 12.4 Å². The highest BCUT2D eigenvalue weighted by Gasteiger charge is 2.26. The van der Waals surface area contributed by atoms with Crippen LogP contribution in [0.2, 0.25) is 10.0 Å². The maximum Gasteiger partial charge on any atom is 0.245 e. The van der Waals surface area contributed by atoms with Gasteiger partial charge < -0.3 is 5.32 Å². The highest BCUT2D eigenvalue weighted by atomic mass is 79.9. The zero-order valence-electron chi connectivity index (χ0n) is 10.3. The fourth-order valence-electron chi connectivity index (χ4n) is 1.32. The van der Waals surface area contributed by atoms with Crippen LogP contribution in [0.4, 0.5) is 0 Å². The van der Waals surface area contributed by atoms with Crippen molar-refractivity contribution in [2.24, 2.45) is 0 Å². The van der Waals surface area contributed by atoms with Gasteiger partial charge >= 0.3 is 0 Å². The van der Waals surface area contributed by atoms with Gasteiger partial charge in [-0.2, -0.15) is 4.31 Å². The first-order valence-electron chi connectivity index (χ1n) is 5.06. The van der Waals surface area contributed by atoms with E-state index in [0.717, 1.165) is 0 Å². The van der Waals surface area contributed by atoms with Gasteiger partial charge in [-0.3, -0.25) is 0 Å². The second-order valence-corrected chi connectivity index (χ2v) is 7.34. The van der Waals surface area contributed by atoms with Crippen molar-refractivity contribution in [2.45, 2.75) is 4.90 Å². The van der Waals surface area contributed by atoms with Gasteiger partial charge in [0.15, 0.2) is 0 Å². The van der Waals surface area contributed by atoms with Crippen LogP contribution in [0.5, 0.6) is 0 Å². The first kappa shape index (κ1) is 19.4. The summed E-state index contributed by atoms with van der Waals surface area (Å²) in [5, 5.41) is 3.09. The molecular formula is C10H14BrCl3N2O2S. The Kier molecular flexibility index (Phi) is 8.21. The number of hydrogen-bond donors (Lipinski definition) is 1. The fourth-order valence-corrected chi connectivity index (χ4v) is 4.37. The van der Waals surface area contributed by atoms with Gasteiger partial charge in [0.1, 0.15) is 4.90 Å². The Morgan fingerprint density at radius 3 is 2.21 bits per heavy atom. The van der Waals surface area contributed by atoms with E-state index in [1.807, 2.05) is 0 Å². The molecule has 0 saturated carbocycles. The molecule has 1 aromatic rings. The number of halogens is 4. The molecule has 0 spiro atoms. The molecular weight excluding hydrogens is 398 g/mol. The van der Waals surface area contributed by atoms with Gasteiger partial charge in [0.2, 0.25) is 10.0 Å². The van der Waals surface area contributed by atoms with Crippen LogP contribution in [0.1, 0.15) is 0 Å². The Bertz CT molecular complexity index is 517. The summed E-state index contributed by atoms with van der Waals surface area (Å²) in [6, 6.07) is 3.01. The summed E-state index contributed by atoms with van der Waals surface area (Å²) >= 11 is 15.1. The molecule has 0 aliphatic rings. The van der Waals surface area contributed by atoms with Crippen LogP contribution >= 0.6 is 51.5 Å². The van der Waals surface area contributed by atoms with Crippen LogP contribution in [0.3, 0.4) is 0 Å². The van der Waals surface area contributed by atoms with Crippen LogP contribution in [0.15, 0.2) is 21.5 Å². The predicted molar refractivity (Wildman–Crippen MR) is 85.2 cm³/mol. The zero-order chi connectivity index (χ0) is 13.9. The molecule has 110 valence electrons. The van der Waals surface area contributed by atoms with Crippen LogP contribution in [-0.2, 0) is 10.0 Å². The summed E-state index contributed by atoms with van der Waals surface area (Å²) in [4.78, 5) is -0.0624. The molecule has 0 heterocycles. The average molecular weight is 413 g/mol. The van der Waals surface area contributed by atoms with Gasteiger partial charge in [-0.25, -0.2) is 8.42 Å². The van der Waals surface area contributed by atoms with Crippen molar-refractivity contribution in [1.82, 2.24) is 9.62 Å². The summed E-state index contributed by atoms with van der Waals surface area (Å²) in [5.74, 6) is 0. The molecule has 19 heavy (non-hydrogen) atoms. The number of nitrogens with one attached hydrogen (secondary N) is 1. The van der Waals surface area contributed by atoms with E-state index in [9.17, 15) is 8.42 Å². The minimum Gasteiger partial charge on any atom is -0.318 e. The first-order chi connectivity index (χ1) is 8.30. The number of nitrogens with zero attached hydrogens (tertiary/aromatic N) is 1. The summed E-state index contributed by atoms with van der Waals surface area (Å²) in [6.07, 6.45) is 0. The van der Waals surface area contributed by atoms with E-state index in [1.54, 1.807) is 7.05 Å². The smallest absolute Gasteiger partial charge is 0.245 e. The molecule has 0 unspecified atom stereocenters. The van der Waals surface area contributed by atoms with Gasteiger partial charge in [0.25, 0.3) is 0 Å². The average Bonchev–Trinajstić information content (AvgIpc) is 2.23. The zero-order valence-corrected chi connectivity index (χ0v) is 15.0. The molecule has 1 rings (SSSR count). The lowest BCUT2D eigenvalue weighted by atomic mass is 10.4. The summed E-state index contributed by atoms with van der Waals surface area (Å²) in [6.45, 7) is 0.878. The molecule has 1 aromatic carbocycles. The molecule has 0 amide bonds. The van der Waals surface area contributed by atoms with E-state index in [1.165, 1.54) is 23.5 Å². The number of benzene rings is 1. The highest BCUT2D eigenvalue weighted by molar-refractivity contribution is 9.10. The third kappa shape index (κ3) is 4.74. The van der Waals surface area contributed by atoms with Crippen molar-refractivity contribution in [1.29, 1.82) is 0 Å². The van der Waals surface area contributed by atoms with E-state index < -0.39 is 10.0 Å². The monoisotopic (exact) mass is 410 g/mol. The molecule has 0 radical (unpaired) electrons. The predicted octanol–water partition coefficient (Wildman–Crippen LogP) is 3.02. The van der Waals surface area contributed by atoms with Crippen molar-refractivity contribution >= 4 is 61.6 Å². The Morgan fingerprint density at radius 2 is 1.79 bits per heavy atom. The molecule has 0 aliphatic carbocycles. The summed E-state index contributed by atoms with van der Waals surface area (Å²) < 4.78 is 26.5. The van der Waals surface area contributed by atoms with Gasteiger partial charge in [-0.05, 0) is 19.2 Å². The normalized spacial score (nSPS) is 11.5. The third-order valence-electron chi connectivity index (χ3n) is 2.31. The van der Waals surface area contributed by atoms with Crippen molar-refractivity contribution in [3.8, 4) is 0 Å². The summed E-state index contributed by atoms with van der Waals surface area (Å²) in [7, 11) is -0.443. The first-order valence-corrected chi connectivity index (χ1v) is 8.05. The lowest BCUT2D eigenvalue weighted by Gasteiger charge is -2.18. The third-order valence-corrected chi connectivity index (χ3v) is 5.55. The SMILES string of the molecule is CNCCN(C)S(=O)(=O)c1c(Cl)cc(Br)cc1Cl.Cl. The molecule has 0 atom stereocenters. The fraction of sp³-hybridized carbons (Fsp3) is 0.400. The summed E-state index contributed by atoms with van der Waals surface area (Å²) in [5.41, 5.74) is 0. The standard InChI is InChI=1S/C10H13BrCl2N2O2S.ClH/c1-14-3-4-15(2)18(16,17)10-8(12)5-7(11)6-9(10)13;/h5-6,14H,3-4H2,1-2H3;1H. The molecule has 0 bridgehead atoms. The van der Waals surface area contributed by atoms with Gasteiger partial charge in [0, 0.05) is 24.6 Å². The minimum atomic E-state index is -3.68. The molecule has 0 aliphatic heterocycles. The number of hydrogen-bond acceptors (Lipinski definition) is 3. The molecule has 1 N–H and O–H groups in total. The van der Waals surface area contributed by atoms with E-state index in [2.05, 4.69) is 21.2 Å². The Labute approximate surface area is 138 Å². The van der Waals surface area contributed by atoms with Crippen LogP contribution in [-0.4, -0.2) is 39.9 Å². The van der Waals surface area contributed by atoms with Crippen LogP contribution < -0.4 is 5.32 Å². The van der Waals surface area contributed by atoms with Crippen molar-refractivity contribution in [3.05, 3.63) is 26.7 Å². The second-order valence-electron chi connectivity index (χ2n) is 3.63. The molecule has 0 fully saturated rings. The lowest BCUT2D eigenvalue weighted by Crippen LogP contribution is -2.33. The van der Waals surface area contributed by atoms with Crippen LogP contribution in [0, 0.1) is 0 Å². The molecule has 0 saturated heterocycles. The lowest BCUT2D eigenvalue weighted by molar-refractivity contribution is 0.466. The second kappa shape index (κ2) is 8.02. The molecule has 9 heteroatoms. The maximum absolute atomic E-state index is 12.3. The maximum atomic E-state index is 12.3. The Hall–Kier alpha value is 0.440. The molecule has 4 nitrogen and oxygen atoms in total. The largest absolute Gasteiger partial charge is 0.318 e. The van der Waals surface area contributed by atoms with E-state index in [4.69, 9.17) is 23.2 Å². The number of likely N-dealkylation sites (N-methyl/N-ethyl adjacent to an activating group) is 2. The number of sulfonamides is 1. The quantitative estimate of drug-likeness (QED) is 0.809. The minimum absolute atomic E-state index is 0. The molecule has 0 aromatic heterocycles. The van der Waals surface area contributed by atoms with Crippen molar-refractivity contribution < 1.29 is 8.42 Å². The van der Waals surface area contributed by atoms with Gasteiger partial charge in [-0.1, -0.05) is 39.1 Å². The van der Waals surface area contributed by atoms with Crippen molar-refractivity contribution in [2.75, 3.05) is 27.2 Å². The Morgan fingerprint density at radius 1 is 1.32 bits per heavy atom. The Balaban J connectivity index is 0.00000324. The van der Waals surface area contributed by atoms with Crippen LogP contribution in [0.25, 0.3) is 0 Å². The topological polar surface area (TPSA) is 49.4 Å². The van der Waals surface area contributed by atoms with E-state index in [0.29, 0.717) is 17.6 Å². The van der Waals surface area contributed by atoms with E-state index >= 15 is 0 Å². The van der Waals surface area contributed by atoms with Crippen molar-refractivity contribution in [3.63, 3.8) is 0 Å².